The number of esters is 3. The topological polar surface area (TPSA) is 88.1 Å². The molecular weight excluding hydrogens is 466 g/mol. The van der Waals surface area contributed by atoms with Gasteiger partial charge < -0.3 is 18.9 Å². The molecule has 0 N–H and O–H groups in total. The number of ether oxygens (including phenoxy) is 4. The Morgan fingerprint density at radius 3 is 2.14 bits per heavy atom. The van der Waals surface area contributed by atoms with Gasteiger partial charge in [-0.25, -0.2) is 4.39 Å². The van der Waals surface area contributed by atoms with Crippen molar-refractivity contribution in [2.75, 3.05) is 5.75 Å². The molecule has 1 aliphatic heterocycles. The van der Waals surface area contributed by atoms with Gasteiger partial charge in [0.05, 0.1) is 0 Å². The van der Waals surface area contributed by atoms with Crippen LogP contribution in [0.5, 0.6) is 5.75 Å². The predicted octanol–water partition coefficient (Wildman–Crippen LogP) is 2.97. The minimum absolute atomic E-state index is 0.109. The Labute approximate surface area is 172 Å². The second-order valence-corrected chi connectivity index (χ2v) is 7.86. The molecule has 0 saturated carbocycles. The molecule has 28 heavy (non-hydrogen) atoms. The molecule has 1 aromatic rings. The highest BCUT2D eigenvalue weighted by molar-refractivity contribution is 9.10. The summed E-state index contributed by atoms with van der Waals surface area (Å²) < 4.78 is 49.1. The predicted molar refractivity (Wildman–Crippen MR) is 97.6 cm³/mol. The third kappa shape index (κ3) is 5.81. The standard InChI is InChI=1S/C17H17BrF2O7S/c1-7(21)24-13-6-28-17(16(26-9(3)23)15(13)25-8(2)22)27-12-5-10(18)4-11(19)14(12)20/h4-5,13,15-17H,6H2,1-3H3/t13-,15+,16-,17-/m1/s1. The van der Waals surface area contributed by atoms with E-state index in [9.17, 15) is 23.2 Å². The molecule has 154 valence electrons. The molecule has 7 nitrogen and oxygen atoms in total. The smallest absolute Gasteiger partial charge is 0.303 e. The van der Waals surface area contributed by atoms with Gasteiger partial charge in [0.15, 0.2) is 35.3 Å². The lowest BCUT2D eigenvalue weighted by molar-refractivity contribution is -0.186. The van der Waals surface area contributed by atoms with E-state index < -0.39 is 59.0 Å². The average Bonchev–Trinajstić information content (AvgIpc) is 2.56. The van der Waals surface area contributed by atoms with E-state index in [1.54, 1.807) is 0 Å². The fourth-order valence-corrected chi connectivity index (χ4v) is 4.17. The molecule has 0 aromatic heterocycles. The van der Waals surface area contributed by atoms with Crippen LogP contribution in [0.25, 0.3) is 0 Å². The van der Waals surface area contributed by atoms with Crippen LogP contribution in [0.3, 0.4) is 0 Å². The molecule has 0 amide bonds. The second kappa shape index (κ2) is 9.55. The zero-order chi connectivity index (χ0) is 21.0. The van der Waals surface area contributed by atoms with Gasteiger partial charge in [0.2, 0.25) is 5.82 Å². The summed E-state index contributed by atoms with van der Waals surface area (Å²) in [5, 5.41) is 0. The molecule has 1 fully saturated rings. The van der Waals surface area contributed by atoms with E-state index in [0.717, 1.165) is 31.7 Å². The van der Waals surface area contributed by atoms with Crippen LogP contribution in [0.1, 0.15) is 20.8 Å². The lowest BCUT2D eigenvalue weighted by Crippen LogP contribution is -2.55. The van der Waals surface area contributed by atoms with E-state index in [1.807, 2.05) is 0 Å². The fraction of sp³-hybridized carbons (Fsp3) is 0.471. The molecule has 2 rings (SSSR count). The van der Waals surface area contributed by atoms with Crippen molar-refractivity contribution in [3.8, 4) is 5.75 Å². The van der Waals surface area contributed by atoms with Crippen LogP contribution < -0.4 is 4.74 Å². The molecule has 0 bridgehead atoms. The van der Waals surface area contributed by atoms with Gasteiger partial charge >= 0.3 is 17.9 Å². The lowest BCUT2D eigenvalue weighted by Gasteiger charge is -2.39. The van der Waals surface area contributed by atoms with Gasteiger partial charge in [-0.1, -0.05) is 15.9 Å². The Morgan fingerprint density at radius 1 is 1.00 bits per heavy atom. The van der Waals surface area contributed by atoms with Gasteiger partial charge in [0.25, 0.3) is 0 Å². The van der Waals surface area contributed by atoms with Crippen LogP contribution in [0, 0.1) is 11.6 Å². The maximum atomic E-state index is 14.1. The molecule has 4 atom stereocenters. The number of thioether (sulfide) groups is 1. The van der Waals surface area contributed by atoms with Gasteiger partial charge in [-0.05, 0) is 12.1 Å². The third-order valence-corrected chi connectivity index (χ3v) is 5.18. The number of benzene rings is 1. The van der Waals surface area contributed by atoms with Crippen molar-refractivity contribution in [2.45, 2.75) is 44.5 Å². The number of hydrogen-bond donors (Lipinski definition) is 0. The summed E-state index contributed by atoms with van der Waals surface area (Å²) >= 11 is 4.08. The first-order chi connectivity index (χ1) is 13.1. The number of hydrogen-bond acceptors (Lipinski definition) is 8. The summed E-state index contributed by atoms with van der Waals surface area (Å²) in [4.78, 5) is 34.4. The van der Waals surface area contributed by atoms with Gasteiger partial charge in [-0.2, -0.15) is 4.39 Å². The first-order valence-corrected chi connectivity index (χ1v) is 9.87. The highest BCUT2D eigenvalue weighted by atomic mass is 79.9. The molecule has 1 aliphatic rings. The fourth-order valence-electron chi connectivity index (χ4n) is 2.55. The number of halogens is 3. The van der Waals surface area contributed by atoms with Crippen LogP contribution in [-0.4, -0.2) is 47.4 Å². The van der Waals surface area contributed by atoms with Crippen molar-refractivity contribution >= 4 is 45.6 Å². The van der Waals surface area contributed by atoms with Crippen LogP contribution >= 0.6 is 27.7 Å². The van der Waals surface area contributed by atoms with Crippen LogP contribution in [-0.2, 0) is 28.6 Å². The largest absolute Gasteiger partial charge is 0.472 e. The molecular formula is C17H17BrF2O7S. The lowest BCUT2D eigenvalue weighted by atomic mass is 10.1. The monoisotopic (exact) mass is 482 g/mol. The third-order valence-electron chi connectivity index (χ3n) is 3.51. The first-order valence-electron chi connectivity index (χ1n) is 8.03. The summed E-state index contributed by atoms with van der Waals surface area (Å²) in [6, 6.07) is 2.14. The molecule has 0 aliphatic carbocycles. The zero-order valence-electron chi connectivity index (χ0n) is 15.1. The van der Waals surface area contributed by atoms with Crippen molar-refractivity contribution in [3.63, 3.8) is 0 Å². The molecule has 0 unspecified atom stereocenters. The summed E-state index contributed by atoms with van der Waals surface area (Å²) in [6.07, 6.45) is -3.33. The minimum Gasteiger partial charge on any atom is -0.472 e. The number of rotatable bonds is 5. The van der Waals surface area contributed by atoms with Crippen molar-refractivity contribution in [1.29, 1.82) is 0 Å². The maximum absolute atomic E-state index is 14.1. The van der Waals surface area contributed by atoms with Crippen molar-refractivity contribution in [2.24, 2.45) is 0 Å². The molecule has 0 spiro atoms. The minimum atomic E-state index is -1.23. The summed E-state index contributed by atoms with van der Waals surface area (Å²) in [5.41, 5.74) is -1.05. The van der Waals surface area contributed by atoms with Crippen LogP contribution in [0.2, 0.25) is 0 Å². The van der Waals surface area contributed by atoms with E-state index in [4.69, 9.17) is 18.9 Å². The van der Waals surface area contributed by atoms with Gasteiger partial charge in [0, 0.05) is 31.0 Å². The van der Waals surface area contributed by atoms with E-state index in [2.05, 4.69) is 15.9 Å². The average molecular weight is 483 g/mol. The molecule has 1 saturated heterocycles. The SMILES string of the molecule is CC(=O)O[C@@H]1[C@@H](OC(C)=O)[C@H](OC(C)=O)CS[C@H]1Oc1cc(Br)cc(F)c1F. The Hall–Kier alpha value is -1.88. The Morgan fingerprint density at radius 2 is 1.57 bits per heavy atom. The Bertz CT molecular complexity index is 776. The van der Waals surface area contributed by atoms with Crippen molar-refractivity contribution in [3.05, 3.63) is 28.2 Å². The Balaban J connectivity index is 2.35. The summed E-state index contributed by atoms with van der Waals surface area (Å²) in [7, 11) is 0. The van der Waals surface area contributed by atoms with E-state index >= 15 is 0 Å². The summed E-state index contributed by atoms with van der Waals surface area (Å²) in [5.74, 6) is -4.72. The molecule has 1 aromatic carbocycles. The van der Waals surface area contributed by atoms with Crippen LogP contribution in [0.4, 0.5) is 8.78 Å². The van der Waals surface area contributed by atoms with Gasteiger partial charge in [-0.3, -0.25) is 14.4 Å². The van der Waals surface area contributed by atoms with E-state index in [-0.39, 0.29) is 10.2 Å². The summed E-state index contributed by atoms with van der Waals surface area (Å²) in [6.45, 7) is 3.44. The molecule has 0 radical (unpaired) electrons. The highest BCUT2D eigenvalue weighted by Crippen LogP contribution is 2.36. The first kappa shape index (κ1) is 22.4. The highest BCUT2D eigenvalue weighted by Gasteiger charge is 2.48. The Kier molecular flexibility index (Phi) is 7.64. The van der Waals surface area contributed by atoms with Crippen molar-refractivity contribution < 1.29 is 42.1 Å². The number of carbonyl (C=O) groups is 3. The maximum Gasteiger partial charge on any atom is 0.303 e. The number of carbonyl (C=O) groups excluding carboxylic acids is 3. The van der Waals surface area contributed by atoms with E-state index in [1.165, 1.54) is 13.0 Å². The normalized spacial score (nSPS) is 24.2. The second-order valence-electron chi connectivity index (χ2n) is 5.82. The van der Waals surface area contributed by atoms with Crippen molar-refractivity contribution in [1.82, 2.24) is 0 Å². The van der Waals surface area contributed by atoms with Crippen LogP contribution in [0.15, 0.2) is 16.6 Å². The van der Waals surface area contributed by atoms with Gasteiger partial charge in [-0.15, -0.1) is 11.8 Å². The quantitative estimate of drug-likeness (QED) is 0.359. The van der Waals surface area contributed by atoms with Gasteiger partial charge in [0.1, 0.15) is 0 Å². The zero-order valence-corrected chi connectivity index (χ0v) is 17.5. The van der Waals surface area contributed by atoms with E-state index in [0.29, 0.717) is 0 Å². The molecule has 1 heterocycles. The molecule has 11 heteroatoms.